The van der Waals surface area contributed by atoms with Crippen molar-refractivity contribution >= 4 is 11.8 Å². The first-order chi connectivity index (χ1) is 9.22. The minimum Gasteiger partial charge on any atom is -0.451 e. The highest BCUT2D eigenvalue weighted by Gasteiger charge is 2.19. The molecular formula is C13H12N2O4. The molecule has 1 heterocycles. The molecule has 2 rings (SSSR count). The largest absolute Gasteiger partial charge is 0.451 e. The van der Waals surface area contributed by atoms with Crippen molar-refractivity contribution in [2.45, 2.75) is 0 Å². The van der Waals surface area contributed by atoms with E-state index in [-0.39, 0.29) is 11.6 Å². The number of pyridine rings is 1. The average Bonchev–Trinajstić information content (AvgIpc) is 2.47. The van der Waals surface area contributed by atoms with Crippen LogP contribution in [0.4, 0.5) is 10.5 Å². The summed E-state index contributed by atoms with van der Waals surface area (Å²) in [4.78, 5) is 15.3. The van der Waals surface area contributed by atoms with Crippen LogP contribution in [0.2, 0.25) is 0 Å². The third-order valence-corrected chi connectivity index (χ3v) is 2.28. The first kappa shape index (κ1) is 12.8. The number of hydrogen-bond donors (Lipinski definition) is 1. The minimum absolute atomic E-state index is 0.0956. The van der Waals surface area contributed by atoms with Gasteiger partial charge in [-0.05, 0) is 24.3 Å². The third kappa shape index (κ3) is 2.99. The molecule has 0 saturated carbocycles. The molecule has 0 fully saturated rings. The molecule has 0 saturated heterocycles. The quantitative estimate of drug-likeness (QED) is 0.678. The molecule has 2 aromatic rings. The number of benzene rings is 1. The van der Waals surface area contributed by atoms with Crippen molar-refractivity contribution in [3.05, 3.63) is 48.7 Å². The number of rotatable bonds is 3. The number of para-hydroxylation sites is 1. The Hall–Kier alpha value is -2.60. The zero-order valence-corrected chi connectivity index (χ0v) is 10.2. The maximum Gasteiger partial charge on any atom is 0.438 e. The van der Waals surface area contributed by atoms with Gasteiger partial charge in [0.2, 0.25) is 5.88 Å². The van der Waals surface area contributed by atoms with Crippen LogP contribution < -0.4 is 9.80 Å². The molecule has 0 spiro atoms. The van der Waals surface area contributed by atoms with Gasteiger partial charge in [0.25, 0.3) is 0 Å². The summed E-state index contributed by atoms with van der Waals surface area (Å²) >= 11 is 0. The average molecular weight is 260 g/mol. The second kappa shape index (κ2) is 5.83. The molecule has 19 heavy (non-hydrogen) atoms. The summed E-state index contributed by atoms with van der Waals surface area (Å²) in [7, 11) is 1.17. The van der Waals surface area contributed by atoms with Crippen molar-refractivity contribution in [3.8, 4) is 11.6 Å². The molecule has 98 valence electrons. The van der Waals surface area contributed by atoms with Gasteiger partial charge < -0.3 is 9.47 Å². The number of methoxy groups -OCH3 is 1. The molecule has 1 aromatic carbocycles. The molecule has 0 atom stereocenters. The summed E-state index contributed by atoms with van der Waals surface area (Å²) in [5.41, 5.74) is 0.0956. The van der Waals surface area contributed by atoms with Gasteiger partial charge in [-0.15, -0.1) is 0 Å². The maximum absolute atomic E-state index is 11.3. The van der Waals surface area contributed by atoms with Crippen LogP contribution >= 0.6 is 0 Å². The number of carbonyl (C=O) groups excluding carboxylic acids is 1. The molecular weight excluding hydrogens is 248 g/mol. The van der Waals surface area contributed by atoms with Gasteiger partial charge in [-0.2, -0.15) is 5.06 Å². The number of anilines is 1. The number of carbonyl (C=O) groups is 1. The highest BCUT2D eigenvalue weighted by molar-refractivity contribution is 5.86. The molecule has 0 unspecified atom stereocenters. The lowest BCUT2D eigenvalue weighted by Gasteiger charge is -2.16. The lowest BCUT2D eigenvalue weighted by molar-refractivity contribution is 0.140. The van der Waals surface area contributed by atoms with Gasteiger partial charge in [0.05, 0.1) is 7.11 Å². The minimum atomic E-state index is -0.925. The Bertz CT molecular complexity index is 560. The first-order valence-electron chi connectivity index (χ1n) is 5.47. The van der Waals surface area contributed by atoms with Crippen LogP contribution in [-0.2, 0) is 4.74 Å². The number of hydroxylamine groups is 1. The van der Waals surface area contributed by atoms with E-state index in [1.807, 2.05) is 6.07 Å². The van der Waals surface area contributed by atoms with E-state index in [1.54, 1.807) is 30.3 Å². The van der Waals surface area contributed by atoms with Crippen molar-refractivity contribution in [2.24, 2.45) is 0 Å². The van der Waals surface area contributed by atoms with Gasteiger partial charge in [-0.25, -0.2) is 9.78 Å². The number of ether oxygens (including phenoxy) is 2. The molecule has 0 bridgehead atoms. The molecule has 0 radical (unpaired) electrons. The fourth-order valence-corrected chi connectivity index (χ4v) is 1.41. The van der Waals surface area contributed by atoms with E-state index in [1.165, 1.54) is 19.4 Å². The van der Waals surface area contributed by atoms with Gasteiger partial charge in [0.1, 0.15) is 11.4 Å². The predicted octanol–water partition coefficient (Wildman–Crippen LogP) is 2.84. The maximum atomic E-state index is 11.3. The Morgan fingerprint density at radius 1 is 1.21 bits per heavy atom. The third-order valence-electron chi connectivity index (χ3n) is 2.28. The van der Waals surface area contributed by atoms with Crippen LogP contribution in [0.5, 0.6) is 11.6 Å². The van der Waals surface area contributed by atoms with Gasteiger partial charge in [0.15, 0.2) is 0 Å². The second-order valence-corrected chi connectivity index (χ2v) is 3.52. The van der Waals surface area contributed by atoms with Crippen LogP contribution in [0.25, 0.3) is 0 Å². The molecule has 1 aromatic heterocycles. The molecule has 6 heteroatoms. The van der Waals surface area contributed by atoms with Gasteiger partial charge in [-0.1, -0.05) is 18.2 Å². The van der Waals surface area contributed by atoms with E-state index in [0.29, 0.717) is 10.8 Å². The summed E-state index contributed by atoms with van der Waals surface area (Å²) in [5, 5.41) is 10.0. The Morgan fingerprint density at radius 2 is 1.95 bits per heavy atom. The lowest BCUT2D eigenvalue weighted by atomic mass is 10.3. The molecule has 1 N–H and O–H groups in total. The van der Waals surface area contributed by atoms with Crippen LogP contribution in [0.1, 0.15) is 0 Å². The molecule has 6 nitrogen and oxygen atoms in total. The highest BCUT2D eigenvalue weighted by Crippen LogP contribution is 2.29. The summed E-state index contributed by atoms with van der Waals surface area (Å²) in [6.07, 6.45) is 0.568. The Balaban J connectivity index is 2.29. The van der Waals surface area contributed by atoms with E-state index in [2.05, 4.69) is 9.72 Å². The zero-order chi connectivity index (χ0) is 13.7. The Labute approximate surface area is 109 Å². The fourth-order valence-electron chi connectivity index (χ4n) is 1.41. The van der Waals surface area contributed by atoms with Crippen molar-refractivity contribution in [3.63, 3.8) is 0 Å². The second-order valence-electron chi connectivity index (χ2n) is 3.52. The topological polar surface area (TPSA) is 71.9 Å². The summed E-state index contributed by atoms with van der Waals surface area (Å²) in [6, 6.07) is 12.0. The normalized spacial score (nSPS) is 9.79. The zero-order valence-electron chi connectivity index (χ0n) is 10.2. The first-order valence-corrected chi connectivity index (χ1v) is 5.47. The highest BCUT2D eigenvalue weighted by atomic mass is 16.6. The SMILES string of the molecule is COC(=O)N(O)c1cccnc1Oc1ccccc1. The van der Waals surface area contributed by atoms with Crippen molar-refractivity contribution in [1.82, 2.24) is 4.98 Å². The van der Waals surface area contributed by atoms with Crippen molar-refractivity contribution in [1.29, 1.82) is 0 Å². The van der Waals surface area contributed by atoms with E-state index in [9.17, 15) is 10.0 Å². The summed E-state index contributed by atoms with van der Waals surface area (Å²) in [5.74, 6) is 0.641. The van der Waals surface area contributed by atoms with E-state index in [4.69, 9.17) is 4.74 Å². The monoisotopic (exact) mass is 260 g/mol. The van der Waals surface area contributed by atoms with E-state index < -0.39 is 6.09 Å². The van der Waals surface area contributed by atoms with E-state index in [0.717, 1.165) is 0 Å². The number of hydrogen-bond acceptors (Lipinski definition) is 5. The van der Waals surface area contributed by atoms with Crippen LogP contribution in [0, 0.1) is 0 Å². The lowest BCUT2D eigenvalue weighted by Crippen LogP contribution is -2.27. The van der Waals surface area contributed by atoms with Gasteiger partial charge >= 0.3 is 6.09 Å². The van der Waals surface area contributed by atoms with Crippen LogP contribution in [0.3, 0.4) is 0 Å². The van der Waals surface area contributed by atoms with Crippen LogP contribution in [-0.4, -0.2) is 23.4 Å². The number of nitrogens with zero attached hydrogens (tertiary/aromatic N) is 2. The van der Waals surface area contributed by atoms with Gasteiger partial charge in [-0.3, -0.25) is 5.21 Å². The smallest absolute Gasteiger partial charge is 0.438 e. The standard InChI is InChI=1S/C13H12N2O4/c1-18-13(16)15(17)11-8-5-9-14-12(11)19-10-6-3-2-4-7-10/h2-9,17H,1H3. The Kier molecular flexibility index (Phi) is 3.94. The Morgan fingerprint density at radius 3 is 2.63 bits per heavy atom. The van der Waals surface area contributed by atoms with E-state index >= 15 is 0 Å². The number of amides is 1. The summed E-state index contributed by atoms with van der Waals surface area (Å²) < 4.78 is 9.93. The van der Waals surface area contributed by atoms with Gasteiger partial charge in [0, 0.05) is 6.20 Å². The van der Waals surface area contributed by atoms with Crippen molar-refractivity contribution < 1.29 is 19.5 Å². The molecule has 0 aliphatic heterocycles. The molecule has 1 amide bonds. The molecule has 0 aliphatic rings. The molecule has 0 aliphatic carbocycles. The predicted molar refractivity (Wildman–Crippen MR) is 67.4 cm³/mol. The van der Waals surface area contributed by atoms with Crippen molar-refractivity contribution in [2.75, 3.05) is 12.2 Å². The van der Waals surface area contributed by atoms with Crippen LogP contribution in [0.15, 0.2) is 48.7 Å². The number of aromatic nitrogens is 1. The summed E-state index contributed by atoms with van der Waals surface area (Å²) in [6.45, 7) is 0. The fraction of sp³-hybridized carbons (Fsp3) is 0.0769.